The van der Waals surface area contributed by atoms with Crippen molar-refractivity contribution < 1.29 is 27.8 Å². The number of ether oxygens (including phenoxy) is 1. The van der Waals surface area contributed by atoms with Gasteiger partial charge in [-0.3, -0.25) is 9.59 Å². The number of aromatic nitrogens is 2. The van der Waals surface area contributed by atoms with Gasteiger partial charge in [-0.25, -0.2) is 13.2 Å². The van der Waals surface area contributed by atoms with Crippen LogP contribution in [0.4, 0.5) is 13.2 Å². The van der Waals surface area contributed by atoms with Crippen molar-refractivity contribution in [2.75, 3.05) is 13.7 Å². The van der Waals surface area contributed by atoms with Gasteiger partial charge in [0.1, 0.15) is 11.5 Å². The van der Waals surface area contributed by atoms with Gasteiger partial charge >= 0.3 is 0 Å². The van der Waals surface area contributed by atoms with E-state index in [4.69, 9.17) is 4.74 Å². The van der Waals surface area contributed by atoms with Gasteiger partial charge in [0.15, 0.2) is 11.6 Å². The lowest BCUT2D eigenvalue weighted by Gasteiger charge is -2.33. The van der Waals surface area contributed by atoms with Crippen LogP contribution in [0.1, 0.15) is 46.4 Å². The Kier molecular flexibility index (Phi) is 5.22. The van der Waals surface area contributed by atoms with E-state index in [0.717, 1.165) is 12.1 Å². The van der Waals surface area contributed by atoms with Crippen LogP contribution < -0.4 is 5.56 Å². The molecule has 10 heteroatoms. The molecule has 0 saturated carbocycles. The molecule has 0 spiro atoms. The van der Waals surface area contributed by atoms with E-state index in [1.54, 1.807) is 0 Å². The van der Waals surface area contributed by atoms with E-state index in [1.165, 1.54) is 37.1 Å². The molecule has 176 valence electrons. The number of halogens is 3. The number of hydrogen-bond donors (Lipinski definition) is 3. The Hall–Kier alpha value is -3.63. The lowest BCUT2D eigenvalue weighted by atomic mass is 9.95. The second kappa shape index (κ2) is 8.00. The van der Waals surface area contributed by atoms with E-state index >= 15 is 0 Å². The number of nitrogens with one attached hydrogen (secondary N) is 2. The summed E-state index contributed by atoms with van der Waals surface area (Å²) >= 11 is 0. The quantitative estimate of drug-likeness (QED) is 0.423. The summed E-state index contributed by atoms with van der Waals surface area (Å²) in [5, 5.41) is 10.7. The van der Waals surface area contributed by atoms with Crippen molar-refractivity contribution in [2.45, 2.75) is 25.7 Å². The smallest absolute Gasteiger partial charge is 0.270 e. The number of fused-ring (bicyclic) bond motifs is 4. The number of aromatic amines is 2. The molecular weight excluding hydrogens is 451 g/mol. The molecule has 34 heavy (non-hydrogen) atoms. The Bertz CT molecular complexity index is 1530. The number of aliphatic hydroxyl groups excluding tert-OH is 1. The molecule has 0 saturated heterocycles. The third-order valence-corrected chi connectivity index (χ3v) is 6.24. The summed E-state index contributed by atoms with van der Waals surface area (Å²) in [6, 6.07) is 5.03. The fourth-order valence-electron chi connectivity index (χ4n) is 4.57. The van der Waals surface area contributed by atoms with Crippen molar-refractivity contribution in [1.29, 1.82) is 0 Å². The maximum atomic E-state index is 14.1. The number of rotatable bonds is 3. The minimum Gasteiger partial charge on any atom is -0.389 e. The molecular formula is C24H20F3N3O4. The first kappa shape index (κ1) is 22.2. The van der Waals surface area contributed by atoms with E-state index in [-0.39, 0.29) is 29.7 Å². The topological polar surface area (TPSA) is 98.4 Å². The minimum atomic E-state index is -1.15. The van der Waals surface area contributed by atoms with Crippen LogP contribution in [0, 0.1) is 17.5 Å². The zero-order chi connectivity index (χ0) is 24.3. The predicted octanol–water partition coefficient (Wildman–Crippen LogP) is 3.82. The molecule has 2 atom stereocenters. The molecule has 3 N–H and O–H groups in total. The highest BCUT2D eigenvalue weighted by Crippen LogP contribution is 2.35. The van der Waals surface area contributed by atoms with Gasteiger partial charge in [0.25, 0.3) is 11.5 Å². The summed E-state index contributed by atoms with van der Waals surface area (Å²) in [6.07, 6.45) is -0.952. The van der Waals surface area contributed by atoms with Crippen molar-refractivity contribution >= 4 is 27.6 Å². The largest absolute Gasteiger partial charge is 0.389 e. The van der Waals surface area contributed by atoms with Crippen molar-refractivity contribution in [2.24, 2.45) is 0 Å². The predicted molar refractivity (Wildman–Crippen MR) is 118 cm³/mol. The molecule has 2 aromatic heterocycles. The number of H-pyrrole nitrogens is 2. The van der Waals surface area contributed by atoms with E-state index in [1.807, 2.05) is 0 Å². The van der Waals surface area contributed by atoms with Crippen LogP contribution in [-0.4, -0.2) is 39.5 Å². The summed E-state index contributed by atoms with van der Waals surface area (Å²) in [7, 11) is 1.52. The van der Waals surface area contributed by atoms with E-state index < -0.39 is 41.1 Å². The Labute approximate surface area is 190 Å². The van der Waals surface area contributed by atoms with Crippen LogP contribution in [0.25, 0.3) is 21.7 Å². The number of nitrogens with zero attached hydrogens (tertiary/aromatic N) is 1. The van der Waals surface area contributed by atoms with Crippen LogP contribution in [0.15, 0.2) is 35.1 Å². The first-order valence-electron chi connectivity index (χ1n) is 10.5. The van der Waals surface area contributed by atoms with Crippen molar-refractivity contribution in [3.05, 3.63) is 80.7 Å². The molecule has 1 unspecified atom stereocenters. The fourth-order valence-corrected chi connectivity index (χ4v) is 4.57. The van der Waals surface area contributed by atoms with Crippen LogP contribution in [0.2, 0.25) is 0 Å². The second-order valence-electron chi connectivity index (χ2n) is 8.42. The number of carbonyl (C=O) groups excluding carboxylic acids is 1. The van der Waals surface area contributed by atoms with Gasteiger partial charge in [0, 0.05) is 29.2 Å². The molecule has 0 radical (unpaired) electrons. The number of benzene rings is 2. The average molecular weight is 471 g/mol. The summed E-state index contributed by atoms with van der Waals surface area (Å²) < 4.78 is 47.5. The summed E-state index contributed by atoms with van der Waals surface area (Å²) in [6.45, 7) is 1.60. The Morgan fingerprint density at radius 2 is 1.79 bits per heavy atom. The van der Waals surface area contributed by atoms with Crippen molar-refractivity contribution in [3.63, 3.8) is 0 Å². The van der Waals surface area contributed by atoms with Crippen LogP contribution in [0.5, 0.6) is 0 Å². The maximum absolute atomic E-state index is 14.1. The van der Waals surface area contributed by atoms with E-state index in [2.05, 4.69) is 9.97 Å². The van der Waals surface area contributed by atoms with Crippen molar-refractivity contribution in [1.82, 2.24) is 14.9 Å². The molecule has 0 aliphatic carbocycles. The first-order valence-corrected chi connectivity index (χ1v) is 10.5. The number of amides is 1. The van der Waals surface area contributed by atoms with E-state index in [0.29, 0.717) is 27.7 Å². The Balaban J connectivity index is 1.61. The molecule has 1 amide bonds. The summed E-state index contributed by atoms with van der Waals surface area (Å²) in [4.78, 5) is 32.7. The normalized spacial score (nSPS) is 16.6. The SMILES string of the molecule is CC(O)c1cc(F)cc2[nH]c(C(=O)N(C)[C@@H]3COCc4[nH]c(=O)c5cc(F)c(F)cc5c43)cc12. The molecule has 2 aromatic carbocycles. The summed E-state index contributed by atoms with van der Waals surface area (Å²) in [5.41, 5.74) is 1.06. The van der Waals surface area contributed by atoms with E-state index in [9.17, 15) is 27.9 Å². The highest BCUT2D eigenvalue weighted by molar-refractivity contribution is 5.99. The van der Waals surface area contributed by atoms with Crippen LogP contribution in [0.3, 0.4) is 0 Å². The van der Waals surface area contributed by atoms with Crippen LogP contribution >= 0.6 is 0 Å². The second-order valence-corrected chi connectivity index (χ2v) is 8.42. The molecule has 1 aliphatic rings. The Morgan fingerprint density at radius 1 is 1.09 bits per heavy atom. The minimum absolute atomic E-state index is 0.0342. The lowest BCUT2D eigenvalue weighted by Crippen LogP contribution is -2.37. The number of carbonyl (C=O) groups is 1. The van der Waals surface area contributed by atoms with Crippen LogP contribution in [-0.2, 0) is 11.3 Å². The molecule has 0 bridgehead atoms. The van der Waals surface area contributed by atoms with Gasteiger partial charge in [0.05, 0.1) is 30.7 Å². The number of hydrogen-bond acceptors (Lipinski definition) is 4. The van der Waals surface area contributed by atoms with Crippen molar-refractivity contribution in [3.8, 4) is 0 Å². The summed E-state index contributed by atoms with van der Waals surface area (Å²) in [5.74, 6) is -3.29. The van der Waals surface area contributed by atoms with Gasteiger partial charge in [-0.2, -0.15) is 0 Å². The molecule has 3 heterocycles. The Morgan fingerprint density at radius 3 is 2.50 bits per heavy atom. The highest BCUT2D eigenvalue weighted by Gasteiger charge is 2.32. The van der Waals surface area contributed by atoms with Gasteiger partial charge in [-0.05, 0) is 48.2 Å². The number of likely N-dealkylation sites (N-methyl/N-ethyl adjacent to an activating group) is 1. The molecule has 4 aromatic rings. The third-order valence-electron chi connectivity index (χ3n) is 6.24. The molecule has 0 fully saturated rings. The highest BCUT2D eigenvalue weighted by atomic mass is 19.2. The lowest BCUT2D eigenvalue weighted by molar-refractivity contribution is 0.0333. The molecule has 1 aliphatic heterocycles. The maximum Gasteiger partial charge on any atom is 0.270 e. The third kappa shape index (κ3) is 3.46. The average Bonchev–Trinajstić information content (AvgIpc) is 3.22. The number of aliphatic hydroxyl groups is 1. The van der Waals surface area contributed by atoms with Gasteiger partial charge in [-0.1, -0.05) is 0 Å². The standard InChI is InChI=1S/C24H20F3N3O4/c1-10(31)12-3-11(25)4-18-13(12)7-19(28-18)24(33)30(2)21-9-34-8-20-22(21)14-5-16(26)17(27)6-15(14)23(32)29-20/h3-7,10,21,28,31H,8-9H2,1-2H3,(H,29,32)/t10?,21-/m1/s1. The number of pyridine rings is 1. The van der Waals surface area contributed by atoms with Gasteiger partial charge < -0.3 is 24.7 Å². The van der Waals surface area contributed by atoms with Gasteiger partial charge in [0.2, 0.25) is 0 Å². The van der Waals surface area contributed by atoms with Gasteiger partial charge in [-0.15, -0.1) is 0 Å². The fraction of sp³-hybridized carbons (Fsp3) is 0.250. The zero-order valence-electron chi connectivity index (χ0n) is 18.2. The monoisotopic (exact) mass is 471 g/mol. The molecule has 5 rings (SSSR count). The molecule has 7 nitrogen and oxygen atoms in total. The first-order chi connectivity index (χ1) is 16.2. The zero-order valence-corrected chi connectivity index (χ0v) is 18.2.